The molecule has 1 aromatic heterocycles. The Kier molecular flexibility index (Phi) is 10.2. The number of ether oxygens (including phenoxy) is 4. The molecule has 3 N–H and O–H groups in total. The first-order valence-electron chi connectivity index (χ1n) is 14.3. The van der Waals surface area contributed by atoms with Crippen LogP contribution in [0.4, 0.5) is 0 Å². The zero-order valence-corrected chi connectivity index (χ0v) is 25.5. The Balaban J connectivity index is 1.36. The number of hydrogen-bond donors (Lipinski definition) is 3. The molecule has 12 heteroatoms. The summed E-state index contributed by atoms with van der Waals surface area (Å²) in [5.74, 6) is -0.526. The van der Waals surface area contributed by atoms with Crippen LogP contribution in [0.15, 0.2) is 73.1 Å². The van der Waals surface area contributed by atoms with Crippen molar-refractivity contribution in [1.82, 2.24) is 10.3 Å². The highest BCUT2D eigenvalue weighted by molar-refractivity contribution is 6.32. The second kappa shape index (κ2) is 14.6. The summed E-state index contributed by atoms with van der Waals surface area (Å²) < 4.78 is 24.4. The second-order valence-electron chi connectivity index (χ2n) is 10.5. The standard InChI is InChI=1S/C34H30ClN3O8/c1-20-23(5-4-6-25(20)32-19-45-28-7-2-3-8-29(28)46-32)18-44-31-12-30(43-17-22-9-21(13-36)14-37-15-22)24(10-26(31)35)16-38-27(34(41)42)11-33(39)40/h2-10,12,14-15,27,32,38H,11,16-19H2,1H3,(H,39,40)(H,41,42)/t27?,32-/m0/s1. The zero-order chi connectivity index (χ0) is 32.6. The van der Waals surface area contributed by atoms with Gasteiger partial charge in [0.25, 0.3) is 0 Å². The molecule has 5 rings (SSSR count). The fraction of sp³-hybridized carbons (Fsp3) is 0.235. The van der Waals surface area contributed by atoms with Gasteiger partial charge in [0, 0.05) is 36.1 Å². The molecule has 2 atom stereocenters. The van der Waals surface area contributed by atoms with Gasteiger partial charge >= 0.3 is 11.9 Å². The van der Waals surface area contributed by atoms with Crippen LogP contribution in [0.5, 0.6) is 23.0 Å². The molecule has 0 saturated heterocycles. The summed E-state index contributed by atoms with van der Waals surface area (Å²) >= 11 is 6.63. The van der Waals surface area contributed by atoms with Gasteiger partial charge < -0.3 is 29.2 Å². The van der Waals surface area contributed by atoms with Crippen LogP contribution < -0.4 is 24.3 Å². The van der Waals surface area contributed by atoms with Gasteiger partial charge in [-0.2, -0.15) is 5.26 Å². The summed E-state index contributed by atoms with van der Waals surface area (Å²) in [6, 6.07) is 18.9. The quantitative estimate of drug-likeness (QED) is 0.166. The fourth-order valence-corrected chi connectivity index (χ4v) is 5.18. The van der Waals surface area contributed by atoms with E-state index in [2.05, 4.69) is 10.3 Å². The summed E-state index contributed by atoms with van der Waals surface area (Å²) in [5.41, 5.74) is 4.33. The molecule has 2 heterocycles. The number of halogens is 1. The lowest BCUT2D eigenvalue weighted by molar-refractivity contribution is -0.146. The van der Waals surface area contributed by atoms with Crippen LogP contribution in [0, 0.1) is 18.3 Å². The van der Waals surface area contributed by atoms with E-state index >= 15 is 0 Å². The number of aliphatic carboxylic acids is 2. The van der Waals surface area contributed by atoms with Crippen molar-refractivity contribution in [3.8, 4) is 29.1 Å². The van der Waals surface area contributed by atoms with E-state index in [9.17, 15) is 20.0 Å². The van der Waals surface area contributed by atoms with Crippen molar-refractivity contribution in [2.45, 2.75) is 45.2 Å². The number of para-hydroxylation sites is 2. The number of carboxylic acids is 2. The summed E-state index contributed by atoms with van der Waals surface area (Å²) in [6.07, 6.45) is 2.09. The average molecular weight is 644 g/mol. The molecule has 0 fully saturated rings. The van der Waals surface area contributed by atoms with E-state index < -0.39 is 24.4 Å². The molecule has 3 aromatic carbocycles. The third-order valence-corrected chi connectivity index (χ3v) is 7.67. The number of nitrogens with zero attached hydrogens (tertiary/aromatic N) is 2. The van der Waals surface area contributed by atoms with Gasteiger partial charge in [0.05, 0.1) is 17.0 Å². The number of pyridine rings is 1. The summed E-state index contributed by atoms with van der Waals surface area (Å²) in [7, 11) is 0. The highest BCUT2D eigenvalue weighted by atomic mass is 35.5. The predicted octanol–water partition coefficient (Wildman–Crippen LogP) is 5.60. The van der Waals surface area contributed by atoms with Gasteiger partial charge in [-0.05, 0) is 47.9 Å². The van der Waals surface area contributed by atoms with Crippen LogP contribution >= 0.6 is 11.6 Å². The average Bonchev–Trinajstić information content (AvgIpc) is 3.05. The molecular formula is C34H30ClN3O8. The number of nitriles is 1. The fourth-order valence-electron chi connectivity index (χ4n) is 4.94. The lowest BCUT2D eigenvalue weighted by atomic mass is 9.98. The summed E-state index contributed by atoms with van der Waals surface area (Å²) in [4.78, 5) is 26.8. The molecule has 1 unspecified atom stereocenters. The lowest BCUT2D eigenvalue weighted by Crippen LogP contribution is -2.38. The van der Waals surface area contributed by atoms with E-state index in [4.69, 9.17) is 35.7 Å². The van der Waals surface area contributed by atoms with E-state index in [0.717, 1.165) is 16.7 Å². The van der Waals surface area contributed by atoms with Crippen molar-refractivity contribution in [2.75, 3.05) is 6.61 Å². The zero-order valence-electron chi connectivity index (χ0n) is 24.7. The van der Waals surface area contributed by atoms with E-state index in [1.165, 1.54) is 6.20 Å². The maximum absolute atomic E-state index is 11.6. The number of hydrogen-bond acceptors (Lipinski definition) is 9. The van der Waals surface area contributed by atoms with E-state index in [-0.39, 0.29) is 30.9 Å². The first-order chi connectivity index (χ1) is 22.2. The maximum atomic E-state index is 11.6. The van der Waals surface area contributed by atoms with Crippen molar-refractivity contribution in [1.29, 1.82) is 5.26 Å². The first kappa shape index (κ1) is 32.1. The minimum Gasteiger partial charge on any atom is -0.488 e. The molecule has 236 valence electrons. The lowest BCUT2D eigenvalue weighted by Gasteiger charge is -2.28. The van der Waals surface area contributed by atoms with Crippen LogP contribution in [0.25, 0.3) is 0 Å². The van der Waals surface area contributed by atoms with Gasteiger partial charge in [0.1, 0.15) is 43.4 Å². The second-order valence-corrected chi connectivity index (χ2v) is 10.9. The molecule has 0 spiro atoms. The van der Waals surface area contributed by atoms with Crippen LogP contribution in [0.2, 0.25) is 5.02 Å². The van der Waals surface area contributed by atoms with Crippen molar-refractivity contribution in [3.05, 3.63) is 111 Å². The number of carboxylic acid groups (broad SMARTS) is 2. The van der Waals surface area contributed by atoms with Gasteiger partial charge in [-0.1, -0.05) is 41.9 Å². The number of benzene rings is 3. The molecule has 4 aromatic rings. The van der Waals surface area contributed by atoms with Gasteiger partial charge in [-0.25, -0.2) is 0 Å². The molecule has 11 nitrogen and oxygen atoms in total. The molecule has 0 amide bonds. The first-order valence-corrected chi connectivity index (χ1v) is 14.7. The van der Waals surface area contributed by atoms with Crippen LogP contribution in [-0.4, -0.2) is 39.8 Å². The minimum atomic E-state index is -1.33. The number of nitrogens with one attached hydrogen (secondary N) is 1. The van der Waals surface area contributed by atoms with E-state index in [1.807, 2.05) is 55.5 Å². The Bertz CT molecular complexity index is 1790. The molecular weight excluding hydrogens is 614 g/mol. The van der Waals surface area contributed by atoms with Crippen LogP contribution in [0.1, 0.15) is 45.9 Å². The predicted molar refractivity (Wildman–Crippen MR) is 166 cm³/mol. The van der Waals surface area contributed by atoms with E-state index in [1.54, 1.807) is 24.4 Å². The van der Waals surface area contributed by atoms with Crippen molar-refractivity contribution >= 4 is 23.5 Å². The van der Waals surface area contributed by atoms with Gasteiger partial charge in [-0.15, -0.1) is 0 Å². The van der Waals surface area contributed by atoms with Crippen molar-refractivity contribution in [2.24, 2.45) is 0 Å². The Morgan fingerprint density at radius 2 is 1.83 bits per heavy atom. The summed E-state index contributed by atoms with van der Waals surface area (Å²) in [6.45, 7) is 2.52. The molecule has 0 radical (unpaired) electrons. The monoisotopic (exact) mass is 643 g/mol. The third kappa shape index (κ3) is 7.85. The number of carbonyl (C=O) groups is 2. The Labute approximate surface area is 269 Å². The number of rotatable bonds is 13. The molecule has 0 bridgehead atoms. The molecule has 1 aliphatic rings. The molecule has 1 aliphatic heterocycles. The van der Waals surface area contributed by atoms with Crippen LogP contribution in [-0.2, 0) is 29.3 Å². The molecule has 46 heavy (non-hydrogen) atoms. The largest absolute Gasteiger partial charge is 0.488 e. The maximum Gasteiger partial charge on any atom is 0.321 e. The smallest absolute Gasteiger partial charge is 0.321 e. The highest BCUT2D eigenvalue weighted by Gasteiger charge is 2.25. The van der Waals surface area contributed by atoms with Crippen LogP contribution in [0.3, 0.4) is 0 Å². The van der Waals surface area contributed by atoms with Crippen molar-refractivity contribution < 1.29 is 38.7 Å². The SMILES string of the molecule is Cc1c(COc2cc(OCc3cncc(C#N)c3)c(CNC(CC(=O)O)C(=O)O)cc2Cl)cccc1[C@@H]1COc2ccccc2O1. The van der Waals surface area contributed by atoms with Gasteiger partial charge in [0.2, 0.25) is 0 Å². The van der Waals surface area contributed by atoms with Gasteiger partial charge in [-0.3, -0.25) is 19.9 Å². The highest BCUT2D eigenvalue weighted by Crippen LogP contribution is 2.38. The van der Waals surface area contributed by atoms with Gasteiger partial charge in [0.15, 0.2) is 17.6 Å². The Morgan fingerprint density at radius 3 is 2.59 bits per heavy atom. The topological polar surface area (TPSA) is 160 Å². The van der Waals surface area contributed by atoms with E-state index in [0.29, 0.717) is 46.3 Å². The number of aromatic nitrogens is 1. The Hall–Kier alpha value is -5.31. The third-order valence-electron chi connectivity index (χ3n) is 7.38. The Morgan fingerprint density at radius 1 is 1.04 bits per heavy atom. The van der Waals surface area contributed by atoms with Crippen molar-refractivity contribution in [3.63, 3.8) is 0 Å². The molecule has 0 aliphatic carbocycles. The minimum absolute atomic E-state index is 0.0435. The molecule has 0 saturated carbocycles. The number of fused-ring (bicyclic) bond motifs is 1. The summed E-state index contributed by atoms with van der Waals surface area (Å²) in [5, 5.41) is 30.8. The normalized spacial score (nSPS) is 14.2.